The maximum Gasteiger partial charge on any atom is 0.0862 e. The van der Waals surface area contributed by atoms with Gasteiger partial charge in [-0.2, -0.15) is 5.10 Å². The fourth-order valence-electron chi connectivity index (χ4n) is 4.36. The fourth-order valence-corrected chi connectivity index (χ4v) is 4.36. The van der Waals surface area contributed by atoms with Crippen LogP contribution in [-0.2, 0) is 5.41 Å². The number of fused-ring (bicyclic) bond motifs is 1. The highest BCUT2D eigenvalue weighted by atomic mass is 15.3. The molecule has 6 aromatic rings. The Morgan fingerprint density at radius 3 is 1.97 bits per heavy atom. The van der Waals surface area contributed by atoms with Gasteiger partial charge >= 0.3 is 0 Å². The molecule has 4 aromatic carbocycles. The van der Waals surface area contributed by atoms with E-state index in [0.29, 0.717) is 0 Å². The highest BCUT2D eigenvalue weighted by Crippen LogP contribution is 2.27. The van der Waals surface area contributed by atoms with Crippen LogP contribution < -0.4 is 0 Å². The van der Waals surface area contributed by atoms with Crippen LogP contribution in [0.3, 0.4) is 0 Å². The number of rotatable bonds is 4. The lowest BCUT2D eigenvalue weighted by Gasteiger charge is -2.19. The highest BCUT2D eigenvalue weighted by Gasteiger charge is 2.15. The summed E-state index contributed by atoms with van der Waals surface area (Å²) in [5.74, 6) is 0. The summed E-state index contributed by atoms with van der Waals surface area (Å²) in [6, 6.07) is 43.7. The number of hydrogen-bond donors (Lipinski definition) is 0. The van der Waals surface area contributed by atoms with Crippen LogP contribution in [0.2, 0.25) is 0 Å². The number of aromatic nitrogens is 3. The zero-order chi connectivity index (χ0) is 27.1. The first-order valence-electron chi connectivity index (χ1n) is 13.3. The maximum atomic E-state index is 4.89. The number of para-hydroxylation sites is 1. The number of benzene rings is 4. The molecule has 6 rings (SSSR count). The Kier molecular flexibility index (Phi) is 7.79. The van der Waals surface area contributed by atoms with Gasteiger partial charge in [-0.25, -0.2) is 4.68 Å². The third-order valence-electron chi connectivity index (χ3n) is 6.53. The van der Waals surface area contributed by atoms with Gasteiger partial charge < -0.3 is 0 Å². The topological polar surface area (TPSA) is 30.7 Å². The van der Waals surface area contributed by atoms with E-state index < -0.39 is 0 Å². The van der Waals surface area contributed by atoms with Crippen molar-refractivity contribution in [2.75, 3.05) is 0 Å². The van der Waals surface area contributed by atoms with Gasteiger partial charge in [0.15, 0.2) is 0 Å². The largest absolute Gasteiger partial charge is 0.256 e. The number of nitrogens with zero attached hydrogens (tertiary/aromatic N) is 3. The molecule has 0 spiro atoms. The minimum atomic E-state index is 0.133. The van der Waals surface area contributed by atoms with Crippen LogP contribution >= 0.6 is 0 Å². The van der Waals surface area contributed by atoms with E-state index in [9.17, 15) is 0 Å². The molecule has 0 radical (unpaired) electrons. The SMILES string of the molecule is CC(C)(C)c1ccc(-n2nc(C=Cc3ccccc3)cc2-c2ccccc2)cc1.c1ccc2ncccc2c1. The molecule has 0 unspecified atom stereocenters. The second-order valence-electron chi connectivity index (χ2n) is 10.5. The number of hydrogen-bond acceptors (Lipinski definition) is 2. The molecule has 39 heavy (non-hydrogen) atoms. The average Bonchev–Trinajstić information content (AvgIpc) is 3.42. The van der Waals surface area contributed by atoms with Gasteiger partial charge in [0.05, 0.1) is 22.6 Å². The molecule has 0 aliphatic carbocycles. The first-order valence-corrected chi connectivity index (χ1v) is 13.3. The second kappa shape index (κ2) is 11.7. The lowest BCUT2D eigenvalue weighted by molar-refractivity contribution is 0.590. The molecule has 0 aliphatic rings. The maximum absolute atomic E-state index is 4.89. The molecule has 3 heteroatoms. The van der Waals surface area contributed by atoms with Crippen molar-refractivity contribution in [2.45, 2.75) is 26.2 Å². The van der Waals surface area contributed by atoms with Crippen LogP contribution in [0, 0.1) is 0 Å². The normalized spacial score (nSPS) is 11.4. The van der Waals surface area contributed by atoms with Crippen LogP contribution in [0.5, 0.6) is 0 Å². The van der Waals surface area contributed by atoms with Crippen LogP contribution in [-0.4, -0.2) is 14.8 Å². The molecule has 3 nitrogen and oxygen atoms in total. The summed E-state index contributed by atoms with van der Waals surface area (Å²) in [7, 11) is 0. The minimum Gasteiger partial charge on any atom is -0.256 e. The first kappa shape index (κ1) is 25.9. The molecule has 0 amide bonds. The van der Waals surface area contributed by atoms with Crippen molar-refractivity contribution in [3.63, 3.8) is 0 Å². The molecule has 0 bridgehead atoms. The van der Waals surface area contributed by atoms with E-state index in [0.717, 1.165) is 33.7 Å². The Bertz CT molecular complexity index is 1590. The van der Waals surface area contributed by atoms with Crippen molar-refractivity contribution in [2.24, 2.45) is 0 Å². The molecule has 0 saturated carbocycles. The predicted octanol–water partition coefficient (Wildman–Crippen LogP) is 9.24. The van der Waals surface area contributed by atoms with E-state index in [1.807, 2.05) is 59.4 Å². The van der Waals surface area contributed by atoms with Gasteiger partial charge in [-0.3, -0.25) is 4.98 Å². The van der Waals surface area contributed by atoms with Crippen LogP contribution in [0.15, 0.2) is 134 Å². The van der Waals surface area contributed by atoms with Crippen LogP contribution in [0.4, 0.5) is 0 Å². The summed E-state index contributed by atoms with van der Waals surface area (Å²) in [4.78, 5) is 4.18. The fraction of sp³-hybridized carbons (Fsp3) is 0.111. The van der Waals surface area contributed by atoms with Gasteiger partial charge in [-0.05, 0) is 52.9 Å². The van der Waals surface area contributed by atoms with Gasteiger partial charge in [-0.15, -0.1) is 0 Å². The van der Waals surface area contributed by atoms with E-state index in [2.05, 4.69) is 117 Å². The Balaban J connectivity index is 0.000000257. The van der Waals surface area contributed by atoms with Crippen LogP contribution in [0.1, 0.15) is 37.6 Å². The molecule has 0 atom stereocenters. The van der Waals surface area contributed by atoms with Gasteiger partial charge in [0.25, 0.3) is 0 Å². The molecule has 2 heterocycles. The summed E-state index contributed by atoms with van der Waals surface area (Å²) >= 11 is 0. The standard InChI is InChI=1S/C27H26N2.C9H7N/c1-27(2,3)23-15-18-25(19-16-23)29-26(22-12-8-5-9-13-22)20-24(28-29)17-14-21-10-6-4-7-11-21;1-2-6-9-8(4-1)5-3-7-10-9/h4-20H,1-3H3;1-7H. The monoisotopic (exact) mass is 507 g/mol. The summed E-state index contributed by atoms with van der Waals surface area (Å²) in [6.45, 7) is 6.70. The van der Waals surface area contributed by atoms with Crippen molar-refractivity contribution in [1.82, 2.24) is 14.8 Å². The Labute approximate surface area is 231 Å². The molecule has 0 fully saturated rings. The first-order chi connectivity index (χ1) is 19.0. The van der Waals surface area contributed by atoms with Crippen molar-refractivity contribution < 1.29 is 0 Å². The van der Waals surface area contributed by atoms with Gasteiger partial charge in [0.2, 0.25) is 0 Å². The van der Waals surface area contributed by atoms with Gasteiger partial charge in [0, 0.05) is 17.1 Å². The van der Waals surface area contributed by atoms with Crippen molar-refractivity contribution in [3.8, 4) is 16.9 Å². The molecule has 0 saturated heterocycles. The third kappa shape index (κ3) is 6.58. The van der Waals surface area contributed by atoms with E-state index in [1.54, 1.807) is 0 Å². The van der Waals surface area contributed by atoms with Crippen LogP contribution in [0.25, 0.3) is 40.0 Å². The lowest BCUT2D eigenvalue weighted by atomic mass is 9.87. The summed E-state index contributed by atoms with van der Waals surface area (Å²) in [5, 5.41) is 6.09. The lowest BCUT2D eigenvalue weighted by Crippen LogP contribution is -2.11. The van der Waals surface area contributed by atoms with Gasteiger partial charge in [-0.1, -0.05) is 124 Å². The van der Waals surface area contributed by atoms with E-state index in [4.69, 9.17) is 5.10 Å². The molecule has 0 aliphatic heterocycles. The van der Waals surface area contributed by atoms with Crippen molar-refractivity contribution >= 4 is 23.1 Å². The van der Waals surface area contributed by atoms with Crippen molar-refractivity contribution in [3.05, 3.63) is 150 Å². The Morgan fingerprint density at radius 2 is 1.28 bits per heavy atom. The predicted molar refractivity (Wildman–Crippen MR) is 165 cm³/mol. The molecule has 2 aromatic heterocycles. The molecular weight excluding hydrogens is 474 g/mol. The third-order valence-corrected chi connectivity index (χ3v) is 6.53. The summed E-state index contributed by atoms with van der Waals surface area (Å²) in [6.07, 6.45) is 5.98. The Hall–Kier alpha value is -4.76. The minimum absolute atomic E-state index is 0.133. The van der Waals surface area contributed by atoms with Gasteiger partial charge in [0.1, 0.15) is 0 Å². The second-order valence-corrected chi connectivity index (χ2v) is 10.5. The van der Waals surface area contributed by atoms with Crippen molar-refractivity contribution in [1.29, 1.82) is 0 Å². The molecule has 0 N–H and O–H groups in total. The molecular formula is C36H33N3. The summed E-state index contributed by atoms with van der Waals surface area (Å²) in [5.41, 5.74) is 7.92. The zero-order valence-electron chi connectivity index (χ0n) is 22.7. The quantitative estimate of drug-likeness (QED) is 0.238. The van der Waals surface area contributed by atoms with E-state index >= 15 is 0 Å². The molecule has 192 valence electrons. The smallest absolute Gasteiger partial charge is 0.0862 e. The summed E-state index contributed by atoms with van der Waals surface area (Å²) < 4.78 is 2.03. The van der Waals surface area contributed by atoms with E-state index in [-0.39, 0.29) is 5.41 Å². The Morgan fingerprint density at radius 1 is 0.641 bits per heavy atom. The van der Waals surface area contributed by atoms with E-state index in [1.165, 1.54) is 10.9 Å². The number of pyridine rings is 1. The zero-order valence-corrected chi connectivity index (χ0v) is 22.7. The highest BCUT2D eigenvalue weighted by molar-refractivity contribution is 5.77. The average molecular weight is 508 g/mol.